The fourth-order valence-corrected chi connectivity index (χ4v) is 1.72. The molecule has 4 nitrogen and oxygen atoms in total. The molecule has 82 valence electrons. The Hall–Kier alpha value is -2.10. The van der Waals surface area contributed by atoms with Crippen LogP contribution in [0.2, 0.25) is 0 Å². The summed E-state index contributed by atoms with van der Waals surface area (Å²) in [4.78, 5) is 16.8. The van der Waals surface area contributed by atoms with E-state index in [4.69, 9.17) is 5.11 Å². The predicted octanol–water partition coefficient (Wildman–Crippen LogP) is 1.59. The van der Waals surface area contributed by atoms with Gasteiger partial charge in [0, 0.05) is 37.8 Å². The van der Waals surface area contributed by atoms with E-state index in [2.05, 4.69) is 4.98 Å². The van der Waals surface area contributed by atoms with E-state index in [0.29, 0.717) is 5.57 Å². The van der Waals surface area contributed by atoms with Crippen LogP contribution in [0.3, 0.4) is 0 Å². The zero-order valence-corrected chi connectivity index (χ0v) is 8.87. The first-order valence-corrected chi connectivity index (χ1v) is 4.93. The molecule has 1 aromatic heterocycles. The van der Waals surface area contributed by atoms with Gasteiger partial charge in [0.25, 0.3) is 0 Å². The fraction of sp³-hybridized carbons (Fsp3) is 0.167. The lowest BCUT2D eigenvalue weighted by atomic mass is 9.91. The number of carboxylic acids is 1. The van der Waals surface area contributed by atoms with Crippen molar-refractivity contribution in [1.82, 2.24) is 9.88 Å². The van der Waals surface area contributed by atoms with Gasteiger partial charge in [0.1, 0.15) is 0 Å². The molecule has 0 fully saturated rings. The molecule has 4 heteroatoms. The third-order valence-electron chi connectivity index (χ3n) is 2.50. The summed E-state index contributed by atoms with van der Waals surface area (Å²) >= 11 is 0. The topological polar surface area (TPSA) is 53.4 Å². The molecule has 0 saturated carbocycles. The van der Waals surface area contributed by atoms with Crippen LogP contribution in [0, 0.1) is 0 Å². The van der Waals surface area contributed by atoms with Gasteiger partial charge in [-0.25, -0.2) is 4.79 Å². The monoisotopic (exact) mass is 216 g/mol. The molecule has 0 radical (unpaired) electrons. The van der Waals surface area contributed by atoms with E-state index in [9.17, 15) is 4.79 Å². The minimum Gasteiger partial charge on any atom is -0.478 e. The second-order valence-electron chi connectivity index (χ2n) is 3.65. The zero-order valence-electron chi connectivity index (χ0n) is 8.87. The summed E-state index contributed by atoms with van der Waals surface area (Å²) in [6.45, 7) is 0. The highest BCUT2D eigenvalue weighted by molar-refractivity contribution is 5.89. The van der Waals surface area contributed by atoms with Crippen molar-refractivity contribution in [2.24, 2.45) is 0 Å². The summed E-state index contributed by atoms with van der Waals surface area (Å²) < 4.78 is 0. The van der Waals surface area contributed by atoms with Gasteiger partial charge in [-0.05, 0) is 17.7 Å². The molecule has 1 N–H and O–H groups in total. The van der Waals surface area contributed by atoms with Crippen LogP contribution in [0.15, 0.2) is 48.6 Å². The molecule has 1 aromatic rings. The highest BCUT2D eigenvalue weighted by atomic mass is 16.4. The number of carboxylic acid groups (broad SMARTS) is 1. The van der Waals surface area contributed by atoms with Gasteiger partial charge < -0.3 is 10.0 Å². The lowest BCUT2D eigenvalue weighted by Gasteiger charge is -2.22. The van der Waals surface area contributed by atoms with E-state index < -0.39 is 5.97 Å². The van der Waals surface area contributed by atoms with E-state index in [1.165, 1.54) is 0 Å². The van der Waals surface area contributed by atoms with Crippen molar-refractivity contribution in [1.29, 1.82) is 0 Å². The number of pyridine rings is 1. The second kappa shape index (κ2) is 4.18. The highest BCUT2D eigenvalue weighted by Crippen LogP contribution is 2.28. The van der Waals surface area contributed by atoms with Crippen molar-refractivity contribution in [3.63, 3.8) is 0 Å². The van der Waals surface area contributed by atoms with E-state index in [1.807, 2.05) is 31.5 Å². The number of aliphatic carboxylic acids is 1. The molecule has 2 rings (SSSR count). The number of aromatic nitrogens is 1. The van der Waals surface area contributed by atoms with Gasteiger partial charge in [-0.15, -0.1) is 0 Å². The first-order chi connectivity index (χ1) is 7.68. The number of allylic oxidation sites excluding steroid dienone is 1. The number of nitrogens with zero attached hydrogens (tertiary/aromatic N) is 2. The van der Waals surface area contributed by atoms with Crippen molar-refractivity contribution in [3.8, 4) is 0 Å². The molecule has 1 aliphatic rings. The van der Waals surface area contributed by atoms with Crippen LogP contribution in [-0.2, 0) is 4.79 Å². The third kappa shape index (κ3) is 1.95. The Balaban J connectivity index is 2.38. The average molecular weight is 216 g/mol. The summed E-state index contributed by atoms with van der Waals surface area (Å²) in [5.41, 5.74) is 1.31. The Bertz CT molecular complexity index is 451. The van der Waals surface area contributed by atoms with Crippen molar-refractivity contribution in [2.45, 2.75) is 5.92 Å². The minimum absolute atomic E-state index is 0.198. The molecule has 16 heavy (non-hydrogen) atoms. The molecular weight excluding hydrogens is 204 g/mol. The molecule has 0 aromatic carbocycles. The van der Waals surface area contributed by atoms with Gasteiger partial charge in [0.2, 0.25) is 0 Å². The van der Waals surface area contributed by atoms with Gasteiger partial charge >= 0.3 is 5.97 Å². The van der Waals surface area contributed by atoms with E-state index >= 15 is 0 Å². The Morgan fingerprint density at radius 3 is 2.75 bits per heavy atom. The number of hydrogen-bond acceptors (Lipinski definition) is 3. The predicted molar refractivity (Wildman–Crippen MR) is 59.6 cm³/mol. The van der Waals surface area contributed by atoms with Gasteiger partial charge in [0.15, 0.2) is 0 Å². The third-order valence-corrected chi connectivity index (χ3v) is 2.50. The quantitative estimate of drug-likeness (QED) is 0.815. The molecule has 1 unspecified atom stereocenters. The largest absolute Gasteiger partial charge is 0.478 e. The molecule has 0 aliphatic carbocycles. The molecule has 1 atom stereocenters. The number of carbonyl (C=O) groups is 1. The maximum atomic E-state index is 11.1. The lowest BCUT2D eigenvalue weighted by molar-refractivity contribution is -0.133. The Morgan fingerprint density at radius 1 is 1.44 bits per heavy atom. The first-order valence-electron chi connectivity index (χ1n) is 4.93. The average Bonchev–Trinajstić information content (AvgIpc) is 2.30. The number of rotatable bonds is 2. The van der Waals surface area contributed by atoms with Crippen LogP contribution in [0.5, 0.6) is 0 Å². The van der Waals surface area contributed by atoms with Crippen LogP contribution in [-0.4, -0.2) is 28.0 Å². The van der Waals surface area contributed by atoms with Crippen molar-refractivity contribution in [3.05, 3.63) is 54.1 Å². The van der Waals surface area contributed by atoms with Gasteiger partial charge in [-0.2, -0.15) is 0 Å². The molecule has 2 heterocycles. The van der Waals surface area contributed by atoms with Crippen LogP contribution in [0.1, 0.15) is 11.5 Å². The molecule has 0 saturated heterocycles. The SMILES string of the molecule is CN1C=CC(c2ccncc2)C(C(=O)O)=C1. The molecule has 0 spiro atoms. The Kier molecular flexibility index (Phi) is 2.72. The van der Waals surface area contributed by atoms with E-state index in [0.717, 1.165) is 5.56 Å². The van der Waals surface area contributed by atoms with Crippen LogP contribution >= 0.6 is 0 Å². The summed E-state index contributed by atoms with van der Waals surface area (Å²) in [5.74, 6) is -1.09. The molecule has 1 aliphatic heterocycles. The highest BCUT2D eigenvalue weighted by Gasteiger charge is 2.22. The van der Waals surface area contributed by atoms with Gasteiger partial charge in [-0.1, -0.05) is 6.08 Å². The number of hydrogen-bond donors (Lipinski definition) is 1. The smallest absolute Gasteiger partial charge is 0.334 e. The standard InChI is InChI=1S/C12H12N2O2/c1-14-7-4-10(11(8-14)12(15)16)9-2-5-13-6-3-9/h2-8,10H,1H3,(H,15,16). The van der Waals surface area contributed by atoms with E-state index in [-0.39, 0.29) is 5.92 Å². The summed E-state index contributed by atoms with van der Waals surface area (Å²) in [6, 6.07) is 3.66. The first kappa shape index (κ1) is 10.4. The van der Waals surface area contributed by atoms with Crippen LogP contribution < -0.4 is 0 Å². The fourth-order valence-electron chi connectivity index (χ4n) is 1.72. The van der Waals surface area contributed by atoms with E-state index in [1.54, 1.807) is 23.5 Å². The van der Waals surface area contributed by atoms with Gasteiger partial charge in [-0.3, -0.25) is 4.98 Å². The molecular formula is C12H12N2O2. The maximum absolute atomic E-state index is 11.1. The van der Waals surface area contributed by atoms with Crippen LogP contribution in [0.25, 0.3) is 0 Å². The summed E-state index contributed by atoms with van der Waals surface area (Å²) in [6.07, 6.45) is 8.70. The Morgan fingerprint density at radius 2 is 2.12 bits per heavy atom. The second-order valence-corrected chi connectivity index (χ2v) is 3.65. The van der Waals surface area contributed by atoms with Crippen LogP contribution in [0.4, 0.5) is 0 Å². The molecule has 0 amide bonds. The lowest BCUT2D eigenvalue weighted by Crippen LogP contribution is -2.18. The normalized spacial score (nSPS) is 19.4. The van der Waals surface area contributed by atoms with Crippen molar-refractivity contribution < 1.29 is 9.90 Å². The van der Waals surface area contributed by atoms with Crippen molar-refractivity contribution >= 4 is 5.97 Å². The molecule has 0 bridgehead atoms. The maximum Gasteiger partial charge on any atom is 0.334 e. The Labute approximate surface area is 93.5 Å². The zero-order chi connectivity index (χ0) is 11.5. The summed E-state index contributed by atoms with van der Waals surface area (Å²) in [5, 5.41) is 9.14. The minimum atomic E-state index is -0.891. The summed E-state index contributed by atoms with van der Waals surface area (Å²) in [7, 11) is 1.81. The van der Waals surface area contributed by atoms with Crippen molar-refractivity contribution in [2.75, 3.05) is 7.05 Å². The van der Waals surface area contributed by atoms with Gasteiger partial charge in [0.05, 0.1) is 5.57 Å².